The number of rotatable bonds is 3. The van der Waals surface area contributed by atoms with Crippen molar-refractivity contribution < 1.29 is 0 Å². The van der Waals surface area contributed by atoms with Crippen LogP contribution in [0.15, 0.2) is 36.5 Å². The second kappa shape index (κ2) is 5.36. The first-order valence-electron chi connectivity index (χ1n) is 6.68. The molecule has 1 aliphatic rings. The summed E-state index contributed by atoms with van der Waals surface area (Å²) in [5.41, 5.74) is 3.25. The molecular weight excluding hydrogens is 236 g/mol. The number of hydrogen-bond acceptors (Lipinski definition) is 4. The van der Waals surface area contributed by atoms with E-state index < -0.39 is 0 Å². The van der Waals surface area contributed by atoms with Gasteiger partial charge in [-0.1, -0.05) is 12.1 Å². The van der Waals surface area contributed by atoms with Crippen LogP contribution in [-0.2, 0) is 0 Å². The molecule has 4 nitrogen and oxygen atoms in total. The number of aryl methyl sites for hydroxylation is 1. The van der Waals surface area contributed by atoms with Crippen molar-refractivity contribution in [2.75, 3.05) is 18.4 Å². The predicted molar refractivity (Wildman–Crippen MR) is 77.1 cm³/mol. The molecule has 2 heterocycles. The van der Waals surface area contributed by atoms with Crippen molar-refractivity contribution in [1.82, 2.24) is 15.3 Å². The summed E-state index contributed by atoms with van der Waals surface area (Å²) in [5.74, 6) is 0.802. The highest BCUT2D eigenvalue weighted by atomic mass is 15.0. The molecule has 0 aliphatic carbocycles. The van der Waals surface area contributed by atoms with Crippen molar-refractivity contribution in [3.63, 3.8) is 0 Å². The van der Waals surface area contributed by atoms with Crippen molar-refractivity contribution in [2.45, 2.75) is 19.4 Å². The third-order valence-corrected chi connectivity index (χ3v) is 3.37. The summed E-state index contributed by atoms with van der Waals surface area (Å²) < 4.78 is 0. The molecule has 2 aromatic rings. The van der Waals surface area contributed by atoms with Gasteiger partial charge in [-0.25, -0.2) is 9.97 Å². The molecule has 0 bridgehead atoms. The average Bonchev–Trinajstić information content (AvgIpc) is 2.92. The molecule has 3 rings (SSSR count). The van der Waals surface area contributed by atoms with Crippen molar-refractivity contribution >= 4 is 5.69 Å². The lowest BCUT2D eigenvalue weighted by atomic mass is 10.1. The molecule has 19 heavy (non-hydrogen) atoms. The van der Waals surface area contributed by atoms with E-state index >= 15 is 0 Å². The Kier molecular flexibility index (Phi) is 3.42. The van der Waals surface area contributed by atoms with Gasteiger partial charge < -0.3 is 10.6 Å². The van der Waals surface area contributed by atoms with Crippen LogP contribution >= 0.6 is 0 Å². The Morgan fingerprint density at radius 1 is 1.32 bits per heavy atom. The smallest absolute Gasteiger partial charge is 0.125 e. The molecule has 98 valence electrons. The fraction of sp³-hybridized carbons (Fsp3) is 0.333. The van der Waals surface area contributed by atoms with E-state index in [1.165, 1.54) is 6.42 Å². The molecule has 1 aliphatic heterocycles. The van der Waals surface area contributed by atoms with Crippen LogP contribution in [0.3, 0.4) is 0 Å². The highest BCUT2D eigenvalue weighted by molar-refractivity contribution is 5.65. The Balaban J connectivity index is 1.82. The third kappa shape index (κ3) is 2.90. The van der Waals surface area contributed by atoms with E-state index in [0.717, 1.165) is 35.9 Å². The topological polar surface area (TPSA) is 49.8 Å². The number of nitrogens with one attached hydrogen (secondary N) is 2. The number of hydrogen-bond donors (Lipinski definition) is 2. The third-order valence-electron chi connectivity index (χ3n) is 3.37. The molecule has 0 radical (unpaired) electrons. The maximum absolute atomic E-state index is 4.47. The number of anilines is 1. The van der Waals surface area contributed by atoms with Gasteiger partial charge in [-0.15, -0.1) is 0 Å². The van der Waals surface area contributed by atoms with E-state index in [1.807, 2.05) is 13.0 Å². The lowest BCUT2D eigenvalue weighted by Crippen LogP contribution is -2.21. The second-order valence-corrected chi connectivity index (χ2v) is 4.90. The maximum atomic E-state index is 4.47. The lowest BCUT2D eigenvalue weighted by molar-refractivity contribution is 0.793. The Morgan fingerprint density at radius 2 is 2.26 bits per heavy atom. The molecule has 4 heteroatoms. The van der Waals surface area contributed by atoms with E-state index in [0.29, 0.717) is 6.04 Å². The van der Waals surface area contributed by atoms with Gasteiger partial charge in [0.2, 0.25) is 0 Å². The quantitative estimate of drug-likeness (QED) is 0.882. The molecular formula is C15H18N4. The molecule has 1 aromatic heterocycles. The summed E-state index contributed by atoms with van der Waals surface area (Å²) in [7, 11) is 0. The Hall–Kier alpha value is -1.94. The summed E-state index contributed by atoms with van der Waals surface area (Å²) >= 11 is 0. The minimum atomic E-state index is 0.530. The minimum absolute atomic E-state index is 0.530. The van der Waals surface area contributed by atoms with Crippen LogP contribution in [0, 0.1) is 6.92 Å². The van der Waals surface area contributed by atoms with Crippen LogP contribution in [-0.4, -0.2) is 29.1 Å². The van der Waals surface area contributed by atoms with E-state index in [1.54, 1.807) is 6.20 Å². The number of nitrogens with zero attached hydrogens (tertiary/aromatic N) is 2. The van der Waals surface area contributed by atoms with Crippen LogP contribution in [0.2, 0.25) is 0 Å². The highest BCUT2D eigenvalue weighted by Gasteiger charge is 2.13. The van der Waals surface area contributed by atoms with Crippen molar-refractivity contribution in [3.05, 3.63) is 42.4 Å². The minimum Gasteiger partial charge on any atom is -0.381 e. The van der Waals surface area contributed by atoms with Gasteiger partial charge in [0, 0.05) is 30.0 Å². The summed E-state index contributed by atoms with van der Waals surface area (Å²) in [4.78, 5) is 8.60. The van der Waals surface area contributed by atoms with Crippen LogP contribution < -0.4 is 10.6 Å². The molecule has 0 amide bonds. The van der Waals surface area contributed by atoms with E-state index in [4.69, 9.17) is 0 Å². The van der Waals surface area contributed by atoms with Crippen LogP contribution in [0.5, 0.6) is 0 Å². The van der Waals surface area contributed by atoms with Gasteiger partial charge in [0.05, 0.1) is 5.69 Å². The van der Waals surface area contributed by atoms with Crippen molar-refractivity contribution in [2.24, 2.45) is 0 Å². The van der Waals surface area contributed by atoms with Gasteiger partial charge in [-0.3, -0.25) is 0 Å². The van der Waals surface area contributed by atoms with E-state index in [-0.39, 0.29) is 0 Å². The van der Waals surface area contributed by atoms with Crippen molar-refractivity contribution in [3.8, 4) is 11.3 Å². The zero-order valence-corrected chi connectivity index (χ0v) is 11.1. The van der Waals surface area contributed by atoms with Gasteiger partial charge >= 0.3 is 0 Å². The first-order chi connectivity index (χ1) is 9.31. The first-order valence-corrected chi connectivity index (χ1v) is 6.68. The Bertz CT molecular complexity index is 562. The number of aromatic nitrogens is 2. The van der Waals surface area contributed by atoms with Gasteiger partial charge in [0.1, 0.15) is 5.82 Å². The predicted octanol–water partition coefficient (Wildman–Crippen LogP) is 2.23. The summed E-state index contributed by atoms with van der Waals surface area (Å²) in [6.07, 6.45) is 2.98. The summed E-state index contributed by atoms with van der Waals surface area (Å²) in [5, 5.41) is 6.92. The monoisotopic (exact) mass is 254 g/mol. The molecule has 1 saturated heterocycles. The largest absolute Gasteiger partial charge is 0.381 e. The van der Waals surface area contributed by atoms with E-state index in [9.17, 15) is 0 Å². The molecule has 1 atom stereocenters. The summed E-state index contributed by atoms with van der Waals surface area (Å²) in [6, 6.07) is 10.9. The standard InChI is InChI=1S/C15H18N4/c1-11-17-8-6-15(18-11)12-3-2-4-13(9-12)19-14-5-7-16-10-14/h2-4,6,8-9,14,16,19H,5,7,10H2,1H3. The molecule has 0 saturated carbocycles. The molecule has 0 spiro atoms. The molecule has 2 N–H and O–H groups in total. The van der Waals surface area contributed by atoms with Crippen LogP contribution in [0.1, 0.15) is 12.2 Å². The Morgan fingerprint density at radius 3 is 3.05 bits per heavy atom. The SMILES string of the molecule is Cc1nccc(-c2cccc(NC3CCNC3)c2)n1. The Labute approximate surface area is 113 Å². The first kappa shape index (κ1) is 12.1. The fourth-order valence-electron chi connectivity index (χ4n) is 2.40. The van der Waals surface area contributed by atoms with Crippen LogP contribution in [0.25, 0.3) is 11.3 Å². The fourth-order valence-corrected chi connectivity index (χ4v) is 2.40. The van der Waals surface area contributed by atoms with Gasteiger partial charge in [-0.2, -0.15) is 0 Å². The summed E-state index contributed by atoms with van der Waals surface area (Å²) in [6.45, 7) is 4.05. The second-order valence-electron chi connectivity index (χ2n) is 4.90. The average molecular weight is 254 g/mol. The van der Waals surface area contributed by atoms with Crippen molar-refractivity contribution in [1.29, 1.82) is 0 Å². The van der Waals surface area contributed by atoms with Crippen LogP contribution in [0.4, 0.5) is 5.69 Å². The molecule has 1 aromatic carbocycles. The molecule has 1 unspecified atom stereocenters. The zero-order chi connectivity index (χ0) is 13.1. The normalized spacial score (nSPS) is 18.5. The van der Waals surface area contributed by atoms with E-state index in [2.05, 4.69) is 44.9 Å². The molecule has 1 fully saturated rings. The highest BCUT2D eigenvalue weighted by Crippen LogP contribution is 2.21. The number of benzene rings is 1. The lowest BCUT2D eigenvalue weighted by Gasteiger charge is -2.13. The zero-order valence-electron chi connectivity index (χ0n) is 11.1. The van der Waals surface area contributed by atoms with Gasteiger partial charge in [0.25, 0.3) is 0 Å². The maximum Gasteiger partial charge on any atom is 0.125 e. The van der Waals surface area contributed by atoms with Gasteiger partial charge in [0.15, 0.2) is 0 Å². The van der Waals surface area contributed by atoms with Gasteiger partial charge in [-0.05, 0) is 38.1 Å².